The largest absolute Gasteiger partial charge is 0.335 e. The first-order valence-electron chi connectivity index (χ1n) is 7.14. The second-order valence-corrected chi connectivity index (χ2v) is 5.45. The third-order valence-corrected chi connectivity index (χ3v) is 3.84. The van der Waals surface area contributed by atoms with Crippen molar-refractivity contribution >= 4 is 11.7 Å². The molecule has 1 N–H and O–H groups in total. The van der Waals surface area contributed by atoms with Crippen LogP contribution in [0.2, 0.25) is 0 Å². The van der Waals surface area contributed by atoms with E-state index in [0.29, 0.717) is 11.6 Å². The summed E-state index contributed by atoms with van der Waals surface area (Å²) in [5.41, 5.74) is 0.716. The molecule has 2 amide bonds. The Morgan fingerprint density at radius 1 is 1.52 bits per heavy atom. The fourth-order valence-corrected chi connectivity index (χ4v) is 2.70. The summed E-state index contributed by atoms with van der Waals surface area (Å²) in [4.78, 5) is 22.2. The zero-order chi connectivity index (χ0) is 14.7. The number of urea groups is 1. The van der Waals surface area contributed by atoms with Gasteiger partial charge in [0.2, 0.25) is 0 Å². The number of aromatic nitrogens is 3. The normalized spacial score (nSPS) is 17.1. The Labute approximate surface area is 123 Å². The SMILES string of the molecule is CN(C[C@@H]1CCn2ccnc2C1)C(=O)Nc1cccnc1. The van der Waals surface area contributed by atoms with Crippen molar-refractivity contribution in [3.63, 3.8) is 0 Å². The fourth-order valence-electron chi connectivity index (χ4n) is 2.70. The highest BCUT2D eigenvalue weighted by atomic mass is 16.2. The Morgan fingerprint density at radius 3 is 3.24 bits per heavy atom. The van der Waals surface area contributed by atoms with E-state index in [1.54, 1.807) is 23.4 Å². The van der Waals surface area contributed by atoms with E-state index in [0.717, 1.165) is 31.8 Å². The van der Waals surface area contributed by atoms with Crippen LogP contribution in [-0.4, -0.2) is 39.1 Å². The van der Waals surface area contributed by atoms with Gasteiger partial charge in [-0.15, -0.1) is 0 Å². The Morgan fingerprint density at radius 2 is 2.43 bits per heavy atom. The Hall–Kier alpha value is -2.37. The number of fused-ring (bicyclic) bond motifs is 1. The van der Waals surface area contributed by atoms with Crippen molar-refractivity contribution < 1.29 is 4.79 Å². The molecule has 6 nitrogen and oxygen atoms in total. The summed E-state index contributed by atoms with van der Waals surface area (Å²) in [7, 11) is 1.83. The number of aryl methyl sites for hydroxylation is 1. The van der Waals surface area contributed by atoms with Gasteiger partial charge in [0, 0.05) is 45.1 Å². The van der Waals surface area contributed by atoms with Gasteiger partial charge in [0.05, 0.1) is 11.9 Å². The molecule has 0 unspecified atom stereocenters. The number of pyridine rings is 1. The standard InChI is InChI=1S/C15H19N5O/c1-19(15(21)18-13-3-2-5-16-10-13)11-12-4-7-20-8-6-17-14(20)9-12/h2-3,5-6,8,10,12H,4,7,9,11H2,1H3,(H,18,21)/t12-/m1/s1. The maximum atomic E-state index is 12.1. The third-order valence-electron chi connectivity index (χ3n) is 3.84. The lowest BCUT2D eigenvalue weighted by atomic mass is 9.97. The molecule has 3 heterocycles. The molecule has 0 saturated carbocycles. The quantitative estimate of drug-likeness (QED) is 0.938. The summed E-state index contributed by atoms with van der Waals surface area (Å²) in [6.07, 6.45) is 9.19. The van der Waals surface area contributed by atoms with E-state index in [1.807, 2.05) is 25.5 Å². The van der Waals surface area contributed by atoms with E-state index in [1.165, 1.54) is 0 Å². The fraction of sp³-hybridized carbons (Fsp3) is 0.400. The summed E-state index contributed by atoms with van der Waals surface area (Å²) >= 11 is 0. The van der Waals surface area contributed by atoms with Gasteiger partial charge in [-0.05, 0) is 24.5 Å². The minimum Gasteiger partial charge on any atom is -0.335 e. The van der Waals surface area contributed by atoms with Crippen molar-refractivity contribution in [1.29, 1.82) is 0 Å². The lowest BCUT2D eigenvalue weighted by molar-refractivity contribution is 0.207. The monoisotopic (exact) mass is 285 g/mol. The van der Waals surface area contributed by atoms with Crippen LogP contribution < -0.4 is 5.32 Å². The number of carbonyl (C=O) groups excluding carboxylic acids is 1. The zero-order valence-corrected chi connectivity index (χ0v) is 12.1. The van der Waals surface area contributed by atoms with Crippen molar-refractivity contribution in [3.05, 3.63) is 42.7 Å². The van der Waals surface area contributed by atoms with Gasteiger partial charge >= 0.3 is 6.03 Å². The highest BCUT2D eigenvalue weighted by molar-refractivity contribution is 5.88. The summed E-state index contributed by atoms with van der Waals surface area (Å²) in [6.45, 7) is 1.72. The van der Waals surface area contributed by atoms with Gasteiger partial charge in [0.15, 0.2) is 0 Å². The maximum Gasteiger partial charge on any atom is 0.321 e. The van der Waals surface area contributed by atoms with Crippen LogP contribution in [0.25, 0.3) is 0 Å². The molecular formula is C15H19N5O. The topological polar surface area (TPSA) is 63.1 Å². The maximum absolute atomic E-state index is 12.1. The molecule has 2 aromatic rings. The van der Waals surface area contributed by atoms with Gasteiger partial charge in [-0.1, -0.05) is 0 Å². The van der Waals surface area contributed by atoms with Crippen LogP contribution in [0.5, 0.6) is 0 Å². The zero-order valence-electron chi connectivity index (χ0n) is 12.1. The van der Waals surface area contributed by atoms with Gasteiger partial charge in [0.25, 0.3) is 0 Å². The second-order valence-electron chi connectivity index (χ2n) is 5.45. The van der Waals surface area contributed by atoms with Crippen molar-refractivity contribution in [2.45, 2.75) is 19.4 Å². The van der Waals surface area contributed by atoms with Crippen LogP contribution >= 0.6 is 0 Å². The van der Waals surface area contributed by atoms with E-state index in [-0.39, 0.29) is 6.03 Å². The van der Waals surface area contributed by atoms with Crippen LogP contribution in [0.1, 0.15) is 12.2 Å². The smallest absolute Gasteiger partial charge is 0.321 e. The molecule has 0 spiro atoms. The van der Waals surface area contributed by atoms with Crippen molar-refractivity contribution in [2.24, 2.45) is 5.92 Å². The van der Waals surface area contributed by atoms with E-state index < -0.39 is 0 Å². The summed E-state index contributed by atoms with van der Waals surface area (Å²) in [5, 5.41) is 2.85. The van der Waals surface area contributed by atoms with Crippen molar-refractivity contribution in [3.8, 4) is 0 Å². The first-order chi connectivity index (χ1) is 10.2. The predicted octanol–water partition coefficient (Wildman–Crippen LogP) is 2.00. The number of hydrogen-bond acceptors (Lipinski definition) is 3. The second kappa shape index (κ2) is 5.95. The van der Waals surface area contributed by atoms with Gasteiger partial charge in [-0.2, -0.15) is 0 Å². The van der Waals surface area contributed by atoms with Crippen molar-refractivity contribution in [1.82, 2.24) is 19.4 Å². The number of nitrogens with one attached hydrogen (secondary N) is 1. The lowest BCUT2D eigenvalue weighted by Gasteiger charge is -2.27. The summed E-state index contributed by atoms with van der Waals surface area (Å²) in [6, 6.07) is 3.53. The van der Waals surface area contributed by atoms with Crippen molar-refractivity contribution in [2.75, 3.05) is 18.9 Å². The molecule has 0 bridgehead atoms. The van der Waals surface area contributed by atoms with E-state index >= 15 is 0 Å². The number of nitrogens with zero attached hydrogens (tertiary/aromatic N) is 4. The molecule has 0 aromatic carbocycles. The molecule has 0 saturated heterocycles. The van der Waals surface area contributed by atoms with Crippen LogP contribution in [0.15, 0.2) is 36.9 Å². The average molecular weight is 285 g/mol. The summed E-state index contributed by atoms with van der Waals surface area (Å²) < 4.78 is 2.19. The van der Waals surface area contributed by atoms with Crippen LogP contribution in [-0.2, 0) is 13.0 Å². The third kappa shape index (κ3) is 3.21. The Kier molecular flexibility index (Phi) is 3.85. The molecule has 3 rings (SSSR count). The first-order valence-corrected chi connectivity index (χ1v) is 7.14. The molecule has 0 fully saturated rings. The minimum absolute atomic E-state index is 0.100. The van der Waals surface area contributed by atoms with E-state index in [4.69, 9.17) is 0 Å². The highest BCUT2D eigenvalue weighted by Gasteiger charge is 2.22. The molecule has 6 heteroatoms. The number of rotatable bonds is 3. The molecular weight excluding hydrogens is 266 g/mol. The van der Waals surface area contributed by atoms with E-state index in [2.05, 4.69) is 19.9 Å². The summed E-state index contributed by atoms with van der Waals surface area (Å²) in [5.74, 6) is 1.58. The lowest BCUT2D eigenvalue weighted by Crippen LogP contribution is -2.37. The van der Waals surface area contributed by atoms with Gasteiger partial charge in [-0.25, -0.2) is 9.78 Å². The molecule has 2 aromatic heterocycles. The highest BCUT2D eigenvalue weighted by Crippen LogP contribution is 2.20. The predicted molar refractivity (Wildman–Crippen MR) is 79.9 cm³/mol. The molecule has 0 aliphatic carbocycles. The van der Waals surface area contributed by atoms with Crippen LogP contribution in [0.4, 0.5) is 10.5 Å². The van der Waals surface area contributed by atoms with Crippen LogP contribution in [0.3, 0.4) is 0 Å². The van der Waals surface area contributed by atoms with Gasteiger partial charge in [-0.3, -0.25) is 4.98 Å². The Bertz CT molecular complexity index is 610. The number of hydrogen-bond donors (Lipinski definition) is 1. The number of imidazole rings is 1. The number of anilines is 1. The first kappa shape index (κ1) is 13.6. The molecule has 110 valence electrons. The molecule has 21 heavy (non-hydrogen) atoms. The number of amides is 2. The van der Waals surface area contributed by atoms with Gasteiger partial charge in [0.1, 0.15) is 5.82 Å². The van der Waals surface area contributed by atoms with E-state index in [9.17, 15) is 4.79 Å². The van der Waals surface area contributed by atoms with Crippen LogP contribution in [0, 0.1) is 5.92 Å². The molecule has 1 aliphatic heterocycles. The average Bonchev–Trinajstić information content (AvgIpc) is 2.95. The Balaban J connectivity index is 1.54. The molecule has 0 radical (unpaired) electrons. The van der Waals surface area contributed by atoms with Gasteiger partial charge < -0.3 is 14.8 Å². The molecule has 1 atom stereocenters. The minimum atomic E-state index is -0.100. The molecule has 1 aliphatic rings. The number of carbonyl (C=O) groups is 1.